The van der Waals surface area contributed by atoms with Crippen LogP contribution in [0.1, 0.15) is 232 Å². The molecule has 0 aromatic carbocycles. The Kier molecular flexibility index (Phi) is 43.5. The standard InChI is InChI=1S/C47H88O4/c1-3-5-7-9-11-13-15-17-19-20-21-22-23-24-25-26-27-29-31-33-35-37-39-41-43-50-45-46(44-48)51-47(49)42-40-38-36-34-32-30-28-18-16-14-12-10-8-6-4-2/h15,17,20-21,23-24,46,48H,3-14,16,18-19,22,25-45H2,1-2H3/b17-15-,21-20-,24-23-. The fourth-order valence-corrected chi connectivity index (χ4v) is 6.57. The highest BCUT2D eigenvalue weighted by Crippen LogP contribution is 2.15. The zero-order valence-corrected chi connectivity index (χ0v) is 34.4. The Morgan fingerprint density at radius 2 is 0.824 bits per heavy atom. The second-order valence-electron chi connectivity index (χ2n) is 15.1. The summed E-state index contributed by atoms with van der Waals surface area (Å²) in [5.41, 5.74) is 0. The molecule has 51 heavy (non-hydrogen) atoms. The molecule has 0 rings (SSSR count). The third kappa shape index (κ3) is 42.9. The molecule has 0 aromatic rings. The van der Waals surface area contributed by atoms with Crippen molar-refractivity contribution in [3.05, 3.63) is 36.5 Å². The van der Waals surface area contributed by atoms with Crippen LogP contribution in [0.25, 0.3) is 0 Å². The van der Waals surface area contributed by atoms with E-state index in [1.54, 1.807) is 0 Å². The van der Waals surface area contributed by atoms with Gasteiger partial charge in [-0.15, -0.1) is 0 Å². The van der Waals surface area contributed by atoms with Gasteiger partial charge >= 0.3 is 5.97 Å². The molecule has 0 aliphatic carbocycles. The van der Waals surface area contributed by atoms with Crippen LogP contribution >= 0.6 is 0 Å². The number of carbonyl (C=O) groups excluding carboxylic acids is 1. The van der Waals surface area contributed by atoms with Gasteiger partial charge in [-0.1, -0.05) is 211 Å². The Morgan fingerprint density at radius 1 is 0.471 bits per heavy atom. The fourth-order valence-electron chi connectivity index (χ4n) is 6.57. The van der Waals surface area contributed by atoms with Crippen LogP contribution in [0.4, 0.5) is 0 Å². The molecule has 0 radical (unpaired) electrons. The minimum atomic E-state index is -0.534. The molecule has 0 aliphatic rings. The number of rotatable bonds is 42. The minimum absolute atomic E-state index is 0.171. The summed E-state index contributed by atoms with van der Waals surface area (Å²) in [5.74, 6) is -0.200. The topological polar surface area (TPSA) is 55.8 Å². The van der Waals surface area contributed by atoms with Crippen molar-refractivity contribution < 1.29 is 19.4 Å². The van der Waals surface area contributed by atoms with Gasteiger partial charge in [0.25, 0.3) is 0 Å². The van der Waals surface area contributed by atoms with Gasteiger partial charge in [-0.2, -0.15) is 0 Å². The minimum Gasteiger partial charge on any atom is -0.457 e. The maximum atomic E-state index is 12.2. The normalized spacial score (nSPS) is 12.6. The van der Waals surface area contributed by atoms with Gasteiger partial charge < -0.3 is 14.6 Å². The molecule has 4 heteroatoms. The number of ether oxygens (including phenoxy) is 2. The maximum absolute atomic E-state index is 12.2. The Morgan fingerprint density at radius 3 is 1.24 bits per heavy atom. The zero-order valence-electron chi connectivity index (χ0n) is 34.4. The summed E-state index contributed by atoms with van der Waals surface area (Å²) in [7, 11) is 0. The van der Waals surface area contributed by atoms with Crippen LogP contribution in [0.5, 0.6) is 0 Å². The third-order valence-electron chi connectivity index (χ3n) is 9.97. The Bertz CT molecular complexity index is 757. The Labute approximate surface area is 319 Å². The van der Waals surface area contributed by atoms with E-state index in [2.05, 4.69) is 50.3 Å². The number of carbonyl (C=O) groups is 1. The van der Waals surface area contributed by atoms with Crippen molar-refractivity contribution in [3.63, 3.8) is 0 Å². The molecular weight excluding hydrogens is 629 g/mol. The van der Waals surface area contributed by atoms with E-state index in [4.69, 9.17) is 9.47 Å². The monoisotopic (exact) mass is 717 g/mol. The van der Waals surface area contributed by atoms with E-state index < -0.39 is 6.10 Å². The summed E-state index contributed by atoms with van der Waals surface area (Å²) in [6, 6.07) is 0. The first kappa shape index (κ1) is 49.6. The number of hydrogen-bond acceptors (Lipinski definition) is 4. The molecule has 0 saturated carbocycles. The van der Waals surface area contributed by atoms with Gasteiger partial charge in [0.15, 0.2) is 0 Å². The Hall–Kier alpha value is -1.39. The molecule has 1 N–H and O–H groups in total. The summed E-state index contributed by atoms with van der Waals surface area (Å²) in [6.07, 6.45) is 56.4. The number of aliphatic hydroxyl groups is 1. The lowest BCUT2D eigenvalue weighted by atomic mass is 10.0. The van der Waals surface area contributed by atoms with Crippen LogP contribution in [0.3, 0.4) is 0 Å². The van der Waals surface area contributed by atoms with Crippen LogP contribution in [0, 0.1) is 0 Å². The van der Waals surface area contributed by atoms with Crippen molar-refractivity contribution in [2.45, 2.75) is 238 Å². The SMILES string of the molecule is CCCCCCC/C=C\C/C=C\C/C=C\CCCCCCCCCCCOCC(CO)OC(=O)CCCCCCCCCCCCCCCCC. The predicted molar refractivity (Wildman–Crippen MR) is 224 cm³/mol. The maximum Gasteiger partial charge on any atom is 0.306 e. The average Bonchev–Trinajstić information content (AvgIpc) is 3.14. The van der Waals surface area contributed by atoms with Crippen LogP contribution in [-0.4, -0.2) is 37.0 Å². The number of allylic oxidation sites excluding steroid dienone is 6. The molecule has 0 amide bonds. The van der Waals surface area contributed by atoms with Crippen molar-refractivity contribution in [3.8, 4) is 0 Å². The summed E-state index contributed by atoms with van der Waals surface area (Å²) >= 11 is 0. The molecule has 1 unspecified atom stereocenters. The van der Waals surface area contributed by atoms with E-state index in [1.165, 1.54) is 180 Å². The van der Waals surface area contributed by atoms with Crippen molar-refractivity contribution in [2.24, 2.45) is 0 Å². The van der Waals surface area contributed by atoms with E-state index in [1.807, 2.05) is 0 Å². The summed E-state index contributed by atoms with van der Waals surface area (Å²) in [4.78, 5) is 12.2. The molecule has 300 valence electrons. The van der Waals surface area contributed by atoms with E-state index >= 15 is 0 Å². The van der Waals surface area contributed by atoms with Crippen LogP contribution in [-0.2, 0) is 14.3 Å². The molecule has 4 nitrogen and oxygen atoms in total. The second-order valence-corrected chi connectivity index (χ2v) is 15.1. The fraction of sp³-hybridized carbons (Fsp3) is 0.851. The van der Waals surface area contributed by atoms with E-state index in [-0.39, 0.29) is 12.6 Å². The molecule has 0 aliphatic heterocycles. The first-order valence-corrected chi connectivity index (χ1v) is 22.6. The lowest BCUT2D eigenvalue weighted by Crippen LogP contribution is -2.27. The smallest absolute Gasteiger partial charge is 0.306 e. The Balaban J connectivity index is 3.42. The summed E-state index contributed by atoms with van der Waals surface area (Å²) in [5, 5.41) is 9.61. The highest BCUT2D eigenvalue weighted by Gasteiger charge is 2.13. The molecular formula is C47H88O4. The molecule has 0 heterocycles. The van der Waals surface area contributed by atoms with E-state index in [0.717, 1.165) is 32.1 Å². The van der Waals surface area contributed by atoms with E-state index in [9.17, 15) is 9.90 Å². The van der Waals surface area contributed by atoms with Gasteiger partial charge in [0.05, 0.1) is 13.2 Å². The van der Waals surface area contributed by atoms with Crippen molar-refractivity contribution in [2.75, 3.05) is 19.8 Å². The predicted octanol–water partition coefficient (Wildman–Crippen LogP) is 14.9. The first-order valence-electron chi connectivity index (χ1n) is 22.6. The van der Waals surface area contributed by atoms with Crippen LogP contribution in [0.2, 0.25) is 0 Å². The lowest BCUT2D eigenvalue weighted by molar-refractivity contribution is -0.154. The van der Waals surface area contributed by atoms with Gasteiger partial charge in [-0.3, -0.25) is 4.79 Å². The van der Waals surface area contributed by atoms with Crippen LogP contribution < -0.4 is 0 Å². The number of hydrogen-bond donors (Lipinski definition) is 1. The van der Waals surface area contributed by atoms with Crippen molar-refractivity contribution in [1.29, 1.82) is 0 Å². The average molecular weight is 717 g/mol. The van der Waals surface area contributed by atoms with Crippen LogP contribution in [0.15, 0.2) is 36.5 Å². The van der Waals surface area contributed by atoms with Gasteiger partial charge in [-0.05, 0) is 51.4 Å². The summed E-state index contributed by atoms with van der Waals surface area (Å²) < 4.78 is 11.2. The van der Waals surface area contributed by atoms with Gasteiger partial charge in [0, 0.05) is 13.0 Å². The summed E-state index contributed by atoms with van der Waals surface area (Å²) in [6.45, 7) is 5.35. The number of aliphatic hydroxyl groups excluding tert-OH is 1. The highest BCUT2D eigenvalue weighted by molar-refractivity contribution is 5.69. The van der Waals surface area contributed by atoms with Gasteiger partial charge in [-0.25, -0.2) is 0 Å². The molecule has 0 spiro atoms. The molecule has 0 bridgehead atoms. The molecule has 0 fully saturated rings. The first-order chi connectivity index (χ1) is 25.2. The largest absolute Gasteiger partial charge is 0.457 e. The molecule has 0 saturated heterocycles. The second kappa shape index (κ2) is 44.8. The lowest BCUT2D eigenvalue weighted by Gasteiger charge is -2.16. The molecule has 1 atom stereocenters. The van der Waals surface area contributed by atoms with E-state index in [0.29, 0.717) is 19.6 Å². The van der Waals surface area contributed by atoms with Crippen molar-refractivity contribution >= 4 is 5.97 Å². The quantitative estimate of drug-likeness (QED) is 0.0388. The van der Waals surface area contributed by atoms with Gasteiger partial charge in [0.1, 0.15) is 6.10 Å². The molecule has 0 aromatic heterocycles. The third-order valence-corrected chi connectivity index (χ3v) is 9.97. The van der Waals surface area contributed by atoms with Gasteiger partial charge in [0.2, 0.25) is 0 Å². The number of unbranched alkanes of at least 4 members (excludes halogenated alkanes) is 28. The number of esters is 1. The highest BCUT2D eigenvalue weighted by atomic mass is 16.6. The zero-order chi connectivity index (χ0) is 37.0. The van der Waals surface area contributed by atoms with Crippen molar-refractivity contribution in [1.82, 2.24) is 0 Å².